The second-order valence-corrected chi connectivity index (χ2v) is 7.40. The molecule has 0 unspecified atom stereocenters. The Kier molecular flexibility index (Phi) is 6.07. The molecule has 21 heavy (non-hydrogen) atoms. The minimum atomic E-state index is -0.368. The van der Waals surface area contributed by atoms with Crippen LogP contribution in [0.3, 0.4) is 0 Å². The number of rotatable bonds is 7. The standard InChI is InChI=1S/C19H32O2/c1-4-5-6-13(2)10-16(20)7-8-17-18-11-14(3)9-15(18)12-19(17)21/h7-8,13,15-21H,3-6,9-12H2,1-2H3/t13-,15-,16+,17+,18+,19+/m0/s1. The molecule has 2 nitrogen and oxygen atoms in total. The van der Waals surface area contributed by atoms with Crippen LogP contribution in [0.1, 0.15) is 58.8 Å². The molecule has 0 aromatic heterocycles. The van der Waals surface area contributed by atoms with E-state index in [9.17, 15) is 10.2 Å². The minimum Gasteiger partial charge on any atom is -0.392 e. The van der Waals surface area contributed by atoms with E-state index in [4.69, 9.17) is 0 Å². The Hall–Kier alpha value is -0.600. The Balaban J connectivity index is 1.83. The zero-order valence-corrected chi connectivity index (χ0v) is 13.7. The number of fused-ring (bicyclic) bond motifs is 1. The van der Waals surface area contributed by atoms with Crippen LogP contribution < -0.4 is 0 Å². The lowest BCUT2D eigenvalue weighted by molar-refractivity contribution is 0.138. The zero-order valence-electron chi connectivity index (χ0n) is 13.7. The molecular weight excluding hydrogens is 260 g/mol. The first-order valence-electron chi connectivity index (χ1n) is 8.72. The van der Waals surface area contributed by atoms with E-state index in [1.165, 1.54) is 24.8 Å². The highest BCUT2D eigenvalue weighted by Gasteiger charge is 2.44. The van der Waals surface area contributed by atoms with E-state index < -0.39 is 0 Å². The largest absolute Gasteiger partial charge is 0.392 e. The van der Waals surface area contributed by atoms with E-state index in [-0.39, 0.29) is 18.1 Å². The van der Waals surface area contributed by atoms with E-state index in [1.807, 2.05) is 6.08 Å². The average Bonchev–Trinajstić information content (AvgIpc) is 2.89. The van der Waals surface area contributed by atoms with Gasteiger partial charge < -0.3 is 10.2 Å². The average molecular weight is 292 g/mol. The lowest BCUT2D eigenvalue weighted by Gasteiger charge is -2.18. The normalized spacial score (nSPS) is 35.3. The number of allylic oxidation sites excluding steroid dienone is 1. The Morgan fingerprint density at radius 2 is 2.14 bits per heavy atom. The smallest absolute Gasteiger partial charge is 0.0723 e. The molecule has 2 N–H and O–H groups in total. The maximum absolute atomic E-state index is 10.2. The SMILES string of the molecule is C=C1C[C@H]2C[C@@H](O)[C@H](C=C[C@@H](O)C[C@@H](C)CCCC)[C@@H]2C1. The van der Waals surface area contributed by atoms with Crippen LogP contribution in [-0.4, -0.2) is 22.4 Å². The van der Waals surface area contributed by atoms with E-state index in [0.29, 0.717) is 17.8 Å². The summed E-state index contributed by atoms with van der Waals surface area (Å²) >= 11 is 0. The van der Waals surface area contributed by atoms with Gasteiger partial charge in [-0.25, -0.2) is 0 Å². The molecule has 2 saturated carbocycles. The third-order valence-corrected chi connectivity index (χ3v) is 5.41. The fraction of sp³-hybridized carbons (Fsp3) is 0.789. The number of unbranched alkanes of at least 4 members (excludes halogenated alkanes) is 1. The molecule has 0 bridgehead atoms. The molecule has 2 heteroatoms. The van der Waals surface area contributed by atoms with Crippen LogP contribution in [0.25, 0.3) is 0 Å². The molecule has 2 rings (SSSR count). The van der Waals surface area contributed by atoms with Crippen LogP contribution in [0.15, 0.2) is 24.3 Å². The van der Waals surface area contributed by atoms with Crippen LogP contribution in [0, 0.1) is 23.7 Å². The Bertz CT molecular complexity index is 374. The van der Waals surface area contributed by atoms with Gasteiger partial charge in [0.1, 0.15) is 0 Å². The highest BCUT2D eigenvalue weighted by atomic mass is 16.3. The number of hydrogen-bond acceptors (Lipinski definition) is 2. The molecule has 2 fully saturated rings. The molecule has 0 amide bonds. The first-order valence-corrected chi connectivity index (χ1v) is 8.72. The van der Waals surface area contributed by atoms with Crippen molar-refractivity contribution in [2.75, 3.05) is 0 Å². The molecule has 6 atom stereocenters. The van der Waals surface area contributed by atoms with Crippen LogP contribution in [0.4, 0.5) is 0 Å². The summed E-state index contributed by atoms with van der Waals surface area (Å²) in [4.78, 5) is 0. The van der Waals surface area contributed by atoms with Gasteiger partial charge in [-0.05, 0) is 43.4 Å². The van der Waals surface area contributed by atoms with Crippen LogP contribution in [0.5, 0.6) is 0 Å². The van der Waals surface area contributed by atoms with Crippen LogP contribution >= 0.6 is 0 Å². The zero-order chi connectivity index (χ0) is 15.4. The number of aliphatic hydroxyl groups excluding tert-OH is 2. The van der Waals surface area contributed by atoms with Gasteiger partial charge in [0.05, 0.1) is 12.2 Å². The molecular formula is C19H32O2. The maximum Gasteiger partial charge on any atom is 0.0723 e. The van der Waals surface area contributed by atoms with Crippen molar-refractivity contribution in [2.24, 2.45) is 23.7 Å². The highest BCUT2D eigenvalue weighted by molar-refractivity contribution is 5.15. The van der Waals surface area contributed by atoms with Crippen molar-refractivity contribution in [3.8, 4) is 0 Å². The third kappa shape index (κ3) is 4.43. The fourth-order valence-electron chi connectivity index (χ4n) is 4.26. The van der Waals surface area contributed by atoms with Crippen LogP contribution in [0.2, 0.25) is 0 Å². The summed E-state index contributed by atoms with van der Waals surface area (Å²) in [6.45, 7) is 8.53. The van der Waals surface area contributed by atoms with Gasteiger partial charge in [-0.3, -0.25) is 0 Å². The molecule has 0 aromatic rings. The molecule has 120 valence electrons. The van der Waals surface area contributed by atoms with Gasteiger partial charge in [0.15, 0.2) is 0 Å². The quantitative estimate of drug-likeness (QED) is 0.694. The van der Waals surface area contributed by atoms with Gasteiger partial charge in [-0.1, -0.05) is 57.4 Å². The van der Waals surface area contributed by atoms with Gasteiger partial charge >= 0.3 is 0 Å². The summed E-state index contributed by atoms with van der Waals surface area (Å²) in [5.74, 6) is 1.95. The molecule has 2 aliphatic rings. The Morgan fingerprint density at radius 3 is 2.86 bits per heavy atom. The minimum absolute atomic E-state index is 0.217. The van der Waals surface area contributed by atoms with E-state index >= 15 is 0 Å². The lowest BCUT2D eigenvalue weighted by atomic mass is 9.90. The van der Waals surface area contributed by atoms with Crippen molar-refractivity contribution in [1.29, 1.82) is 0 Å². The first-order chi connectivity index (χ1) is 10.0. The summed E-state index contributed by atoms with van der Waals surface area (Å²) in [5, 5.41) is 20.4. The maximum atomic E-state index is 10.2. The van der Waals surface area contributed by atoms with E-state index in [0.717, 1.165) is 25.7 Å². The third-order valence-electron chi connectivity index (χ3n) is 5.41. The molecule has 0 saturated heterocycles. The number of aliphatic hydroxyl groups is 2. The summed E-state index contributed by atoms with van der Waals surface area (Å²) in [7, 11) is 0. The summed E-state index contributed by atoms with van der Waals surface area (Å²) in [6, 6.07) is 0. The lowest BCUT2D eigenvalue weighted by Crippen LogP contribution is -2.18. The van der Waals surface area contributed by atoms with Crippen molar-refractivity contribution in [2.45, 2.75) is 71.0 Å². The van der Waals surface area contributed by atoms with E-state index in [1.54, 1.807) is 0 Å². The van der Waals surface area contributed by atoms with Crippen LogP contribution in [-0.2, 0) is 0 Å². The van der Waals surface area contributed by atoms with Crippen molar-refractivity contribution in [3.63, 3.8) is 0 Å². The van der Waals surface area contributed by atoms with Gasteiger partial charge in [0, 0.05) is 5.92 Å². The molecule has 0 heterocycles. The number of hydrogen-bond donors (Lipinski definition) is 2. The Morgan fingerprint density at radius 1 is 1.38 bits per heavy atom. The molecule has 2 aliphatic carbocycles. The molecule has 0 radical (unpaired) electrons. The second-order valence-electron chi connectivity index (χ2n) is 7.40. The van der Waals surface area contributed by atoms with Gasteiger partial charge in [-0.15, -0.1) is 0 Å². The molecule has 0 aliphatic heterocycles. The summed E-state index contributed by atoms with van der Waals surface area (Å²) in [5.41, 5.74) is 1.34. The molecule has 0 spiro atoms. The fourth-order valence-corrected chi connectivity index (χ4v) is 4.26. The highest BCUT2D eigenvalue weighted by Crippen LogP contribution is 2.49. The summed E-state index contributed by atoms with van der Waals surface area (Å²) in [6.07, 6.45) is 11.0. The van der Waals surface area contributed by atoms with Crippen molar-refractivity contribution >= 4 is 0 Å². The second kappa shape index (κ2) is 7.60. The predicted octanol–water partition coefficient (Wildman–Crippen LogP) is 4.08. The van der Waals surface area contributed by atoms with Crippen molar-refractivity contribution < 1.29 is 10.2 Å². The van der Waals surface area contributed by atoms with Gasteiger partial charge in [-0.2, -0.15) is 0 Å². The molecule has 0 aromatic carbocycles. The van der Waals surface area contributed by atoms with Crippen molar-refractivity contribution in [1.82, 2.24) is 0 Å². The van der Waals surface area contributed by atoms with Gasteiger partial charge in [0.2, 0.25) is 0 Å². The topological polar surface area (TPSA) is 40.5 Å². The van der Waals surface area contributed by atoms with Gasteiger partial charge in [0.25, 0.3) is 0 Å². The van der Waals surface area contributed by atoms with E-state index in [2.05, 4.69) is 26.5 Å². The first kappa shape index (κ1) is 16.8. The monoisotopic (exact) mass is 292 g/mol. The Labute approximate surface area is 130 Å². The van der Waals surface area contributed by atoms with Crippen molar-refractivity contribution in [3.05, 3.63) is 24.3 Å². The predicted molar refractivity (Wildman–Crippen MR) is 87.9 cm³/mol. The summed E-state index contributed by atoms with van der Waals surface area (Å²) < 4.78 is 0.